The maximum Gasteiger partial charge on any atom is 0.229 e. The van der Waals surface area contributed by atoms with Gasteiger partial charge in [0, 0.05) is 13.6 Å². The molecule has 0 aliphatic heterocycles. The zero-order valence-corrected chi connectivity index (χ0v) is 12.0. The second kappa shape index (κ2) is 6.71. The van der Waals surface area contributed by atoms with Gasteiger partial charge in [0.15, 0.2) is 0 Å². The molecule has 1 aliphatic rings. The molecule has 0 saturated carbocycles. The highest BCUT2D eigenvalue weighted by Crippen LogP contribution is 2.32. The van der Waals surface area contributed by atoms with E-state index in [2.05, 4.69) is 23.5 Å². The summed E-state index contributed by atoms with van der Waals surface area (Å²) in [6.45, 7) is 1.79. The van der Waals surface area contributed by atoms with Crippen LogP contribution in [-0.4, -0.2) is 38.0 Å². The number of carbonyl (C=O) groups excluding carboxylic acids is 1. The van der Waals surface area contributed by atoms with Crippen LogP contribution >= 0.6 is 0 Å². The van der Waals surface area contributed by atoms with Crippen LogP contribution in [0, 0.1) is 0 Å². The van der Waals surface area contributed by atoms with Gasteiger partial charge < -0.3 is 10.2 Å². The van der Waals surface area contributed by atoms with E-state index >= 15 is 0 Å². The molecule has 3 nitrogen and oxygen atoms in total. The van der Waals surface area contributed by atoms with Gasteiger partial charge in [0.2, 0.25) is 5.91 Å². The number of aryl methyl sites for hydroxylation is 1. The van der Waals surface area contributed by atoms with Gasteiger partial charge >= 0.3 is 0 Å². The normalized spacial score (nSPS) is 17.9. The smallest absolute Gasteiger partial charge is 0.229 e. The summed E-state index contributed by atoms with van der Waals surface area (Å²) in [6, 6.07) is 8.40. The summed E-state index contributed by atoms with van der Waals surface area (Å²) in [6.07, 6.45) is 4.24. The van der Waals surface area contributed by atoms with Gasteiger partial charge in [0.25, 0.3) is 0 Å². The molecule has 0 bridgehead atoms. The average molecular weight is 260 g/mol. The lowest BCUT2D eigenvalue weighted by Crippen LogP contribution is -2.35. The molecule has 19 heavy (non-hydrogen) atoms. The van der Waals surface area contributed by atoms with Crippen molar-refractivity contribution in [1.29, 1.82) is 0 Å². The van der Waals surface area contributed by atoms with Gasteiger partial charge in [0.05, 0.1) is 5.92 Å². The van der Waals surface area contributed by atoms with Crippen molar-refractivity contribution in [3.8, 4) is 0 Å². The number of nitrogens with zero attached hydrogens (tertiary/aromatic N) is 1. The zero-order valence-electron chi connectivity index (χ0n) is 12.0. The summed E-state index contributed by atoms with van der Waals surface area (Å²) in [5, 5.41) is 3.12. The lowest BCUT2D eigenvalue weighted by molar-refractivity contribution is -0.131. The van der Waals surface area contributed by atoms with Crippen molar-refractivity contribution in [2.45, 2.75) is 31.6 Å². The largest absolute Gasteiger partial charge is 0.345 e. The summed E-state index contributed by atoms with van der Waals surface area (Å²) in [5.74, 6) is 0.354. The minimum atomic E-state index is 0.0736. The van der Waals surface area contributed by atoms with Gasteiger partial charge in [-0.15, -0.1) is 0 Å². The van der Waals surface area contributed by atoms with Crippen molar-refractivity contribution >= 4 is 5.91 Å². The molecule has 0 saturated heterocycles. The van der Waals surface area contributed by atoms with E-state index in [4.69, 9.17) is 0 Å². The molecular weight excluding hydrogens is 236 g/mol. The minimum absolute atomic E-state index is 0.0736. The Balaban J connectivity index is 2.04. The van der Waals surface area contributed by atoms with Crippen molar-refractivity contribution in [2.24, 2.45) is 0 Å². The van der Waals surface area contributed by atoms with Crippen LogP contribution in [0.15, 0.2) is 24.3 Å². The minimum Gasteiger partial charge on any atom is -0.345 e. The molecule has 1 atom stereocenters. The van der Waals surface area contributed by atoms with E-state index in [9.17, 15) is 4.79 Å². The molecule has 1 aromatic carbocycles. The third-order valence-electron chi connectivity index (χ3n) is 3.96. The Hall–Kier alpha value is -1.35. The van der Waals surface area contributed by atoms with Crippen molar-refractivity contribution < 1.29 is 4.79 Å². The second-order valence-electron chi connectivity index (χ2n) is 5.36. The SMILES string of the molecule is CNCCCN(C)C(=O)C1CCCc2ccccc21. The van der Waals surface area contributed by atoms with E-state index in [1.165, 1.54) is 11.1 Å². The quantitative estimate of drug-likeness (QED) is 0.823. The number of amides is 1. The summed E-state index contributed by atoms with van der Waals surface area (Å²) in [5.41, 5.74) is 2.61. The molecule has 1 aliphatic carbocycles. The highest BCUT2D eigenvalue weighted by molar-refractivity contribution is 5.84. The third-order valence-corrected chi connectivity index (χ3v) is 3.96. The van der Waals surface area contributed by atoms with Crippen molar-refractivity contribution in [3.63, 3.8) is 0 Å². The van der Waals surface area contributed by atoms with Crippen molar-refractivity contribution in [2.75, 3.05) is 27.2 Å². The number of benzene rings is 1. The Kier molecular flexibility index (Phi) is 4.97. The molecule has 1 unspecified atom stereocenters. The van der Waals surface area contributed by atoms with Gasteiger partial charge in [-0.2, -0.15) is 0 Å². The molecule has 104 valence electrons. The predicted octanol–water partition coefficient (Wildman–Crippen LogP) is 2.17. The van der Waals surface area contributed by atoms with Crippen LogP contribution in [0.4, 0.5) is 0 Å². The molecule has 0 aromatic heterocycles. The first kappa shape index (κ1) is 14.1. The molecule has 3 heteroatoms. The topological polar surface area (TPSA) is 32.3 Å². The van der Waals surface area contributed by atoms with E-state index in [1.54, 1.807) is 0 Å². The number of nitrogens with one attached hydrogen (secondary N) is 1. The van der Waals surface area contributed by atoms with Gasteiger partial charge in [-0.3, -0.25) is 4.79 Å². The van der Waals surface area contributed by atoms with E-state index in [0.717, 1.165) is 38.8 Å². The lowest BCUT2D eigenvalue weighted by atomic mass is 9.82. The Morgan fingerprint density at radius 2 is 2.21 bits per heavy atom. The molecule has 0 fully saturated rings. The number of fused-ring (bicyclic) bond motifs is 1. The first-order valence-corrected chi connectivity index (χ1v) is 7.21. The van der Waals surface area contributed by atoms with E-state index in [1.807, 2.05) is 25.1 Å². The molecule has 0 spiro atoms. The Labute approximate surface area is 116 Å². The monoisotopic (exact) mass is 260 g/mol. The fraction of sp³-hybridized carbons (Fsp3) is 0.562. The average Bonchev–Trinajstić information content (AvgIpc) is 2.46. The van der Waals surface area contributed by atoms with Crippen LogP contribution < -0.4 is 5.32 Å². The molecule has 1 amide bonds. The fourth-order valence-corrected chi connectivity index (χ4v) is 2.88. The van der Waals surface area contributed by atoms with E-state index in [0.29, 0.717) is 0 Å². The standard InChI is InChI=1S/C16H24N2O/c1-17-11-6-12-18(2)16(19)15-10-5-8-13-7-3-4-9-14(13)15/h3-4,7,9,15,17H,5-6,8,10-12H2,1-2H3. The summed E-state index contributed by atoms with van der Waals surface area (Å²) >= 11 is 0. The van der Waals surface area contributed by atoms with Crippen LogP contribution in [0.3, 0.4) is 0 Å². The van der Waals surface area contributed by atoms with Crippen LogP contribution in [0.25, 0.3) is 0 Å². The van der Waals surface area contributed by atoms with Crippen LogP contribution in [0.5, 0.6) is 0 Å². The molecule has 0 heterocycles. The van der Waals surface area contributed by atoms with Gasteiger partial charge in [0.1, 0.15) is 0 Å². The van der Waals surface area contributed by atoms with E-state index < -0.39 is 0 Å². The van der Waals surface area contributed by atoms with Gasteiger partial charge in [-0.25, -0.2) is 0 Å². The number of hydrogen-bond acceptors (Lipinski definition) is 2. The zero-order chi connectivity index (χ0) is 13.7. The maximum atomic E-state index is 12.6. The summed E-state index contributed by atoms with van der Waals surface area (Å²) in [7, 11) is 3.87. The van der Waals surface area contributed by atoms with Crippen molar-refractivity contribution in [1.82, 2.24) is 10.2 Å². The fourth-order valence-electron chi connectivity index (χ4n) is 2.88. The number of carbonyl (C=O) groups is 1. The number of hydrogen-bond donors (Lipinski definition) is 1. The first-order valence-electron chi connectivity index (χ1n) is 7.21. The van der Waals surface area contributed by atoms with Gasteiger partial charge in [-0.05, 0) is 50.4 Å². The summed E-state index contributed by atoms with van der Waals surface area (Å²) < 4.78 is 0. The van der Waals surface area contributed by atoms with Crippen LogP contribution in [0.2, 0.25) is 0 Å². The molecule has 1 aromatic rings. The molecule has 0 radical (unpaired) electrons. The van der Waals surface area contributed by atoms with Crippen molar-refractivity contribution in [3.05, 3.63) is 35.4 Å². The third kappa shape index (κ3) is 3.35. The molecular formula is C16H24N2O. The predicted molar refractivity (Wildman–Crippen MR) is 78.3 cm³/mol. The molecule has 1 N–H and O–H groups in total. The Morgan fingerprint density at radius 1 is 1.42 bits per heavy atom. The first-order chi connectivity index (χ1) is 9.24. The highest BCUT2D eigenvalue weighted by atomic mass is 16.2. The highest BCUT2D eigenvalue weighted by Gasteiger charge is 2.27. The summed E-state index contributed by atoms with van der Waals surface area (Å²) in [4.78, 5) is 14.5. The van der Waals surface area contributed by atoms with Crippen LogP contribution in [0.1, 0.15) is 36.3 Å². The number of likely N-dealkylation sites (N-methyl/N-ethyl adjacent to an activating group) is 1. The van der Waals surface area contributed by atoms with Crippen LogP contribution in [-0.2, 0) is 11.2 Å². The lowest BCUT2D eigenvalue weighted by Gasteiger charge is -2.28. The Bertz CT molecular complexity index is 431. The number of rotatable bonds is 5. The maximum absolute atomic E-state index is 12.6. The molecule has 2 rings (SSSR count). The second-order valence-corrected chi connectivity index (χ2v) is 5.36. The Morgan fingerprint density at radius 3 is 3.00 bits per heavy atom. The van der Waals surface area contributed by atoms with Gasteiger partial charge in [-0.1, -0.05) is 24.3 Å². The van der Waals surface area contributed by atoms with E-state index in [-0.39, 0.29) is 11.8 Å².